The Balaban J connectivity index is 1.18. The Hall–Kier alpha value is -3.44. The first-order valence-electron chi connectivity index (χ1n) is 15.6. The van der Waals surface area contributed by atoms with Crippen LogP contribution in [0.15, 0.2) is 90.1 Å². The van der Waals surface area contributed by atoms with Crippen molar-refractivity contribution in [3.05, 3.63) is 96.3 Å². The van der Waals surface area contributed by atoms with E-state index in [0.29, 0.717) is 17.1 Å². The number of ether oxygens (including phenoxy) is 1. The van der Waals surface area contributed by atoms with E-state index in [1.165, 1.54) is 74.9 Å². The molecule has 0 spiro atoms. The molecule has 0 atom stereocenters. The second-order valence-electron chi connectivity index (χ2n) is 10.8. The van der Waals surface area contributed by atoms with Gasteiger partial charge in [0.15, 0.2) is 5.82 Å². The molecule has 4 aromatic rings. The first kappa shape index (κ1) is 31.5. The minimum Gasteiger partial charge on any atom is -0.423 e. The van der Waals surface area contributed by atoms with E-state index in [1.54, 1.807) is 12.1 Å². The molecule has 0 aliphatic rings. The fraction of sp³-hybridized carbons (Fsp3) is 0.378. The van der Waals surface area contributed by atoms with E-state index in [-0.39, 0.29) is 5.97 Å². The Kier molecular flexibility index (Phi) is 13.1. The van der Waals surface area contributed by atoms with Gasteiger partial charge in [0.25, 0.3) is 0 Å². The number of carbonyl (C=O) groups is 1. The van der Waals surface area contributed by atoms with Crippen molar-refractivity contribution in [2.75, 3.05) is 5.75 Å². The molecule has 0 aliphatic heterocycles. The van der Waals surface area contributed by atoms with Gasteiger partial charge < -0.3 is 4.74 Å². The number of unbranched alkanes of at least 4 members (excludes halogenated alkanes) is 9. The molecule has 0 saturated heterocycles. The number of benzene rings is 3. The largest absolute Gasteiger partial charge is 0.423 e. The van der Waals surface area contributed by atoms with Crippen molar-refractivity contribution in [2.45, 2.75) is 89.4 Å². The van der Waals surface area contributed by atoms with Crippen molar-refractivity contribution >= 4 is 17.7 Å². The lowest BCUT2D eigenvalue weighted by molar-refractivity contribution is 0.0735. The Bertz CT molecular complexity index is 1330. The molecule has 1 aromatic heterocycles. The van der Waals surface area contributed by atoms with E-state index < -0.39 is 0 Å². The van der Waals surface area contributed by atoms with Gasteiger partial charge in [-0.1, -0.05) is 95.9 Å². The summed E-state index contributed by atoms with van der Waals surface area (Å²) in [5.41, 5.74) is 4.72. The normalized spacial score (nSPS) is 11.0. The van der Waals surface area contributed by atoms with E-state index >= 15 is 0 Å². The summed E-state index contributed by atoms with van der Waals surface area (Å²) in [6, 6.07) is 23.6. The first-order valence-corrected chi connectivity index (χ1v) is 16.6. The summed E-state index contributed by atoms with van der Waals surface area (Å²) < 4.78 is 5.60. The zero-order valence-electron chi connectivity index (χ0n) is 25.2. The molecule has 4 nitrogen and oxygen atoms in total. The number of rotatable bonds is 17. The Morgan fingerprint density at radius 1 is 0.643 bits per heavy atom. The quantitative estimate of drug-likeness (QED) is 0.0538. The summed E-state index contributed by atoms with van der Waals surface area (Å²) >= 11 is 1.94. The molecule has 0 amide bonds. The highest BCUT2D eigenvalue weighted by molar-refractivity contribution is 7.99. The van der Waals surface area contributed by atoms with Gasteiger partial charge in [-0.25, -0.2) is 14.8 Å². The van der Waals surface area contributed by atoms with E-state index in [1.807, 2.05) is 60.6 Å². The van der Waals surface area contributed by atoms with Crippen molar-refractivity contribution in [2.24, 2.45) is 0 Å². The number of aromatic nitrogens is 2. The number of hydrogen-bond donors (Lipinski definition) is 0. The number of hydrogen-bond acceptors (Lipinski definition) is 5. The lowest BCUT2D eigenvalue weighted by Gasteiger charge is -2.08. The fourth-order valence-electron chi connectivity index (χ4n) is 4.85. The molecule has 5 heteroatoms. The minimum atomic E-state index is -0.378. The Morgan fingerprint density at radius 3 is 1.74 bits per heavy atom. The van der Waals surface area contributed by atoms with Crippen molar-refractivity contribution in [1.29, 1.82) is 0 Å². The van der Waals surface area contributed by atoms with Crippen molar-refractivity contribution in [1.82, 2.24) is 9.97 Å². The molecular weight excluding hydrogens is 536 g/mol. The van der Waals surface area contributed by atoms with Gasteiger partial charge >= 0.3 is 5.97 Å². The molecule has 0 N–H and O–H groups in total. The first-order chi connectivity index (χ1) is 20.7. The summed E-state index contributed by atoms with van der Waals surface area (Å²) in [6.07, 6.45) is 18.3. The summed E-state index contributed by atoms with van der Waals surface area (Å²) in [7, 11) is 0. The summed E-state index contributed by atoms with van der Waals surface area (Å²) in [5, 5.41) is 0. The van der Waals surface area contributed by atoms with Gasteiger partial charge in [-0.2, -0.15) is 0 Å². The van der Waals surface area contributed by atoms with Crippen LogP contribution in [0.3, 0.4) is 0 Å². The number of aryl methyl sites for hydroxylation is 1. The molecule has 4 rings (SSSR count). The standard InChI is InChI=1S/C37H44N2O2S/c1-3-5-6-7-8-9-10-11-12-13-26-42-35-24-20-31(21-25-35)30-14-16-33(17-15-30)37(40)41-34-22-18-32(19-23-34)36-38-27-29(4-2)28-39-36/h14-25,27-28H,3-13,26H2,1-2H3. The molecule has 220 valence electrons. The highest BCUT2D eigenvalue weighted by Gasteiger charge is 2.10. The van der Waals surface area contributed by atoms with Crippen LogP contribution in [0, 0.1) is 0 Å². The maximum absolute atomic E-state index is 12.7. The topological polar surface area (TPSA) is 52.1 Å². The molecule has 1 heterocycles. The summed E-state index contributed by atoms with van der Waals surface area (Å²) in [5.74, 6) is 1.94. The maximum atomic E-state index is 12.7. The predicted octanol–water partition coefficient (Wildman–Crippen LogP) is 10.6. The summed E-state index contributed by atoms with van der Waals surface area (Å²) in [4.78, 5) is 22.9. The molecular formula is C37H44N2O2S. The number of thioether (sulfide) groups is 1. The van der Waals surface area contributed by atoms with Crippen LogP contribution in [0.5, 0.6) is 5.75 Å². The van der Waals surface area contributed by atoms with Gasteiger partial charge in [0.1, 0.15) is 5.75 Å². The van der Waals surface area contributed by atoms with Gasteiger partial charge in [-0.05, 0) is 83.8 Å². The lowest BCUT2D eigenvalue weighted by Crippen LogP contribution is -2.08. The molecule has 3 aromatic carbocycles. The van der Waals surface area contributed by atoms with E-state index in [2.05, 4.69) is 48.1 Å². The molecule has 0 fully saturated rings. The van der Waals surface area contributed by atoms with E-state index in [9.17, 15) is 4.79 Å². The highest BCUT2D eigenvalue weighted by atomic mass is 32.2. The van der Waals surface area contributed by atoms with Crippen LogP contribution >= 0.6 is 11.8 Å². The van der Waals surface area contributed by atoms with Crippen molar-refractivity contribution in [3.63, 3.8) is 0 Å². The summed E-state index contributed by atoms with van der Waals surface area (Å²) in [6.45, 7) is 4.35. The van der Waals surface area contributed by atoms with Gasteiger partial charge in [0.05, 0.1) is 5.56 Å². The van der Waals surface area contributed by atoms with Crippen LogP contribution < -0.4 is 4.74 Å². The molecule has 0 saturated carbocycles. The van der Waals surface area contributed by atoms with Gasteiger partial charge in [0.2, 0.25) is 0 Å². The SMILES string of the molecule is CCCCCCCCCCCCSc1ccc(-c2ccc(C(=O)Oc3ccc(-c4ncc(CC)cn4)cc3)cc2)cc1. The zero-order valence-corrected chi connectivity index (χ0v) is 26.0. The van der Waals surface area contributed by atoms with Crippen LogP contribution in [0.2, 0.25) is 0 Å². The van der Waals surface area contributed by atoms with Gasteiger partial charge in [-0.3, -0.25) is 0 Å². The second-order valence-corrected chi connectivity index (χ2v) is 12.0. The van der Waals surface area contributed by atoms with E-state index in [0.717, 1.165) is 28.7 Å². The number of esters is 1. The van der Waals surface area contributed by atoms with Crippen molar-refractivity contribution < 1.29 is 9.53 Å². The molecule has 0 bridgehead atoms. The fourth-order valence-corrected chi connectivity index (χ4v) is 5.76. The average Bonchev–Trinajstić information content (AvgIpc) is 3.04. The smallest absolute Gasteiger partial charge is 0.343 e. The highest BCUT2D eigenvalue weighted by Crippen LogP contribution is 2.26. The third kappa shape index (κ3) is 10.1. The van der Waals surface area contributed by atoms with E-state index in [4.69, 9.17) is 4.74 Å². The average molecular weight is 581 g/mol. The third-order valence-electron chi connectivity index (χ3n) is 7.51. The number of nitrogens with zero attached hydrogens (tertiary/aromatic N) is 2. The molecule has 42 heavy (non-hydrogen) atoms. The molecule has 0 aliphatic carbocycles. The molecule has 0 unspecified atom stereocenters. The molecule has 0 radical (unpaired) electrons. The third-order valence-corrected chi connectivity index (χ3v) is 8.61. The predicted molar refractivity (Wildman–Crippen MR) is 176 cm³/mol. The second kappa shape index (κ2) is 17.5. The number of carbonyl (C=O) groups excluding carboxylic acids is 1. The Labute approximate surface area is 256 Å². The minimum absolute atomic E-state index is 0.378. The maximum Gasteiger partial charge on any atom is 0.343 e. The van der Waals surface area contributed by atoms with Crippen LogP contribution in [-0.2, 0) is 6.42 Å². The van der Waals surface area contributed by atoms with Crippen LogP contribution in [-0.4, -0.2) is 21.7 Å². The van der Waals surface area contributed by atoms with Crippen LogP contribution in [0.25, 0.3) is 22.5 Å². The Morgan fingerprint density at radius 2 is 1.17 bits per heavy atom. The van der Waals surface area contributed by atoms with Gasteiger partial charge in [-0.15, -0.1) is 11.8 Å². The van der Waals surface area contributed by atoms with Gasteiger partial charge in [0, 0.05) is 22.9 Å². The lowest BCUT2D eigenvalue weighted by atomic mass is 10.0. The van der Waals surface area contributed by atoms with Crippen LogP contribution in [0.4, 0.5) is 0 Å². The zero-order chi connectivity index (χ0) is 29.4. The van der Waals surface area contributed by atoms with Crippen LogP contribution in [0.1, 0.15) is 94.0 Å². The monoisotopic (exact) mass is 580 g/mol. The van der Waals surface area contributed by atoms with Crippen molar-refractivity contribution in [3.8, 4) is 28.3 Å².